The van der Waals surface area contributed by atoms with Crippen molar-refractivity contribution in [3.8, 4) is 0 Å². The van der Waals surface area contributed by atoms with E-state index in [1.165, 1.54) is 231 Å². The first-order valence-corrected chi connectivity index (χ1v) is 32.2. The maximum atomic E-state index is 13.2. The maximum Gasteiger partial charge on any atom is 0.249 e. The summed E-state index contributed by atoms with van der Waals surface area (Å²) in [5.74, 6) is -0.702. The molecule has 0 spiro atoms. The van der Waals surface area contributed by atoms with Gasteiger partial charge in [0.15, 0.2) is 6.29 Å². The van der Waals surface area contributed by atoms with Crippen molar-refractivity contribution in [2.75, 3.05) is 13.2 Å². The second-order valence-corrected chi connectivity index (χ2v) is 22.8. The Morgan fingerprint density at radius 3 is 1.15 bits per heavy atom. The van der Waals surface area contributed by atoms with Gasteiger partial charge in [0.2, 0.25) is 5.91 Å². The first kappa shape index (κ1) is 71.6. The Balaban J connectivity index is 2.25. The number of nitrogens with one attached hydrogen (secondary N) is 1. The fourth-order valence-electron chi connectivity index (χ4n) is 10.5. The number of hydrogen-bond donors (Lipinski definition) is 8. The van der Waals surface area contributed by atoms with Crippen LogP contribution in [0.15, 0.2) is 24.3 Å². The SMILES string of the molecule is CCCCCCCCCCCCCC/C=C\CCCCCCCCCCCCCCC(O)C(=O)NC(COC1OC(CO)C(O)C(O)C1O)C(O)C(O)CCC/C=C/CCCCCCCCCCCCCCCCC. The Morgan fingerprint density at radius 2 is 0.787 bits per heavy atom. The van der Waals surface area contributed by atoms with E-state index >= 15 is 0 Å². The van der Waals surface area contributed by atoms with E-state index in [4.69, 9.17) is 9.47 Å². The quantitative estimate of drug-likeness (QED) is 0.0215. The van der Waals surface area contributed by atoms with Crippen molar-refractivity contribution in [3.05, 3.63) is 24.3 Å². The topological polar surface area (TPSA) is 189 Å². The van der Waals surface area contributed by atoms with Gasteiger partial charge in [-0.25, -0.2) is 0 Å². The monoisotopic (exact) mass is 1070 g/mol. The molecule has 1 fully saturated rings. The van der Waals surface area contributed by atoms with Crippen LogP contribution in [-0.4, -0.2) is 110 Å². The van der Waals surface area contributed by atoms with Crippen LogP contribution in [0.25, 0.3) is 0 Å². The van der Waals surface area contributed by atoms with E-state index in [-0.39, 0.29) is 12.8 Å². The summed E-state index contributed by atoms with van der Waals surface area (Å²) in [5, 5.41) is 76.3. The van der Waals surface area contributed by atoms with Gasteiger partial charge in [-0.1, -0.05) is 269 Å². The van der Waals surface area contributed by atoms with Gasteiger partial charge in [-0.15, -0.1) is 0 Å². The van der Waals surface area contributed by atoms with Gasteiger partial charge in [0.25, 0.3) is 0 Å². The lowest BCUT2D eigenvalue weighted by Gasteiger charge is -2.40. The summed E-state index contributed by atoms with van der Waals surface area (Å²) in [6.45, 7) is 3.49. The predicted octanol–water partition coefficient (Wildman–Crippen LogP) is 14.5. The number of unbranched alkanes of at least 4 members (excludes halogenated alkanes) is 40. The average Bonchev–Trinajstić information content (AvgIpc) is 3.41. The molecule has 75 heavy (non-hydrogen) atoms. The van der Waals surface area contributed by atoms with Crippen LogP contribution in [0, 0.1) is 0 Å². The van der Waals surface area contributed by atoms with Crippen molar-refractivity contribution in [1.29, 1.82) is 0 Å². The molecule has 11 heteroatoms. The Kier molecular flexibility index (Phi) is 50.8. The summed E-state index contributed by atoms with van der Waals surface area (Å²) in [7, 11) is 0. The maximum absolute atomic E-state index is 13.2. The third-order valence-corrected chi connectivity index (χ3v) is 15.7. The highest BCUT2D eigenvalue weighted by Gasteiger charge is 2.44. The second-order valence-electron chi connectivity index (χ2n) is 22.8. The Hall–Kier alpha value is -1.41. The van der Waals surface area contributed by atoms with Crippen LogP contribution in [0.1, 0.15) is 309 Å². The number of carbonyl (C=O) groups excluding carboxylic acids is 1. The highest BCUT2D eigenvalue weighted by atomic mass is 16.7. The first-order valence-electron chi connectivity index (χ1n) is 32.2. The van der Waals surface area contributed by atoms with Gasteiger partial charge in [0.1, 0.15) is 36.6 Å². The average molecular weight is 1070 g/mol. The molecule has 444 valence electrons. The van der Waals surface area contributed by atoms with Gasteiger partial charge in [0, 0.05) is 0 Å². The molecule has 1 aliphatic rings. The number of amides is 1. The molecular formula is C64H123NO10. The Bertz CT molecular complexity index is 1270. The van der Waals surface area contributed by atoms with Gasteiger partial charge in [-0.2, -0.15) is 0 Å². The zero-order chi connectivity index (χ0) is 54.7. The molecule has 0 aromatic heterocycles. The molecule has 9 unspecified atom stereocenters. The molecule has 0 saturated carbocycles. The molecule has 0 aromatic rings. The summed E-state index contributed by atoms with van der Waals surface area (Å²) >= 11 is 0. The van der Waals surface area contributed by atoms with Crippen LogP contribution >= 0.6 is 0 Å². The summed E-state index contributed by atoms with van der Waals surface area (Å²) < 4.78 is 11.2. The minimum Gasteiger partial charge on any atom is -0.394 e. The van der Waals surface area contributed by atoms with E-state index in [1.54, 1.807) is 0 Å². The molecule has 0 bridgehead atoms. The molecule has 1 heterocycles. The Labute approximate surface area is 461 Å². The van der Waals surface area contributed by atoms with E-state index in [9.17, 15) is 40.5 Å². The number of aliphatic hydroxyl groups is 7. The number of hydrogen-bond acceptors (Lipinski definition) is 10. The van der Waals surface area contributed by atoms with Crippen molar-refractivity contribution in [3.63, 3.8) is 0 Å². The van der Waals surface area contributed by atoms with Crippen LogP contribution in [0.2, 0.25) is 0 Å². The third-order valence-electron chi connectivity index (χ3n) is 15.7. The number of ether oxygens (including phenoxy) is 2. The van der Waals surface area contributed by atoms with Crippen LogP contribution in [-0.2, 0) is 14.3 Å². The van der Waals surface area contributed by atoms with Gasteiger partial charge >= 0.3 is 0 Å². The summed E-state index contributed by atoms with van der Waals surface area (Å²) in [6, 6.07) is -1.18. The number of carbonyl (C=O) groups is 1. The number of rotatable bonds is 56. The fourth-order valence-corrected chi connectivity index (χ4v) is 10.5. The molecule has 0 aromatic carbocycles. The molecule has 9 atom stereocenters. The van der Waals surface area contributed by atoms with E-state index in [1.807, 2.05) is 0 Å². The van der Waals surface area contributed by atoms with Gasteiger partial charge in [0.05, 0.1) is 25.4 Å². The van der Waals surface area contributed by atoms with Crippen LogP contribution in [0.3, 0.4) is 0 Å². The number of allylic oxidation sites excluding steroid dienone is 4. The molecule has 0 aliphatic carbocycles. The second kappa shape index (κ2) is 53.2. The number of aliphatic hydroxyl groups excluding tert-OH is 7. The van der Waals surface area contributed by atoms with Gasteiger partial charge < -0.3 is 50.5 Å². The van der Waals surface area contributed by atoms with Gasteiger partial charge in [-0.05, 0) is 64.2 Å². The van der Waals surface area contributed by atoms with E-state index in [2.05, 4.69) is 43.5 Å². The van der Waals surface area contributed by atoms with E-state index < -0.39 is 74.2 Å². The van der Waals surface area contributed by atoms with Crippen LogP contribution in [0.5, 0.6) is 0 Å². The molecule has 1 rings (SSSR count). The molecule has 1 aliphatic heterocycles. The van der Waals surface area contributed by atoms with Crippen LogP contribution in [0.4, 0.5) is 0 Å². The minimum atomic E-state index is -1.67. The van der Waals surface area contributed by atoms with Crippen molar-refractivity contribution < 1.29 is 50.0 Å². The van der Waals surface area contributed by atoms with E-state index in [0.29, 0.717) is 12.8 Å². The normalized spacial score (nSPS) is 19.8. The summed E-state index contributed by atoms with van der Waals surface area (Å²) in [5.41, 5.74) is 0. The zero-order valence-corrected chi connectivity index (χ0v) is 48.8. The Morgan fingerprint density at radius 1 is 0.453 bits per heavy atom. The minimum absolute atomic E-state index is 0.256. The van der Waals surface area contributed by atoms with Crippen LogP contribution < -0.4 is 5.32 Å². The van der Waals surface area contributed by atoms with E-state index in [0.717, 1.165) is 38.5 Å². The molecular weight excluding hydrogens is 943 g/mol. The van der Waals surface area contributed by atoms with Crippen molar-refractivity contribution in [2.24, 2.45) is 0 Å². The predicted molar refractivity (Wildman–Crippen MR) is 312 cm³/mol. The summed E-state index contributed by atoms with van der Waals surface area (Å²) in [4.78, 5) is 13.2. The largest absolute Gasteiger partial charge is 0.394 e. The van der Waals surface area contributed by atoms with Crippen molar-refractivity contribution in [2.45, 2.75) is 364 Å². The fraction of sp³-hybridized carbons (Fsp3) is 0.922. The molecule has 0 radical (unpaired) electrons. The molecule has 1 amide bonds. The lowest BCUT2D eigenvalue weighted by atomic mass is 9.98. The molecule has 1 saturated heterocycles. The smallest absolute Gasteiger partial charge is 0.249 e. The van der Waals surface area contributed by atoms with Crippen molar-refractivity contribution in [1.82, 2.24) is 5.32 Å². The van der Waals surface area contributed by atoms with Gasteiger partial charge in [-0.3, -0.25) is 4.79 Å². The molecule has 11 nitrogen and oxygen atoms in total. The first-order chi connectivity index (χ1) is 36.7. The lowest BCUT2D eigenvalue weighted by molar-refractivity contribution is -0.303. The van der Waals surface area contributed by atoms with Crippen molar-refractivity contribution >= 4 is 5.91 Å². The highest BCUT2D eigenvalue weighted by Crippen LogP contribution is 2.24. The standard InChI is InChI=1S/C64H123NO10/c1-3-5-7-9-11-13-15-17-19-21-23-25-26-27-28-29-30-31-32-34-36-38-40-42-44-46-48-50-52-57(68)63(73)65-55(54-74-64-62(72)61(71)60(70)58(53-66)75-64)59(69)56(67)51-49-47-45-43-41-39-37-35-33-24-22-20-18-16-14-12-10-8-6-4-2/h27-28,43,45,55-62,64,66-72H,3-26,29-42,44,46-54H2,1-2H3,(H,65,73)/b28-27-,45-43+. The third kappa shape index (κ3) is 41.3. The lowest BCUT2D eigenvalue weighted by Crippen LogP contribution is -2.60. The zero-order valence-electron chi connectivity index (χ0n) is 48.8. The summed E-state index contributed by atoms with van der Waals surface area (Å²) in [6.07, 6.45) is 53.9. The molecule has 8 N–H and O–H groups in total. The highest BCUT2D eigenvalue weighted by molar-refractivity contribution is 5.80.